The van der Waals surface area contributed by atoms with Gasteiger partial charge in [-0.15, -0.1) is 11.8 Å². The van der Waals surface area contributed by atoms with E-state index >= 15 is 0 Å². The average molecular weight is 399 g/mol. The molecule has 0 unspecified atom stereocenters. The first-order valence-electron chi connectivity index (χ1n) is 9.21. The first-order chi connectivity index (χ1) is 12.2. The van der Waals surface area contributed by atoms with Crippen molar-refractivity contribution in [3.8, 4) is 0 Å². The van der Waals surface area contributed by atoms with Crippen molar-refractivity contribution in [3.63, 3.8) is 0 Å². The quantitative estimate of drug-likeness (QED) is 0.713. The lowest BCUT2D eigenvalue weighted by atomic mass is 9.98. The summed E-state index contributed by atoms with van der Waals surface area (Å²) in [5.74, 6) is 0.992. The topological polar surface area (TPSA) is 66.5 Å². The van der Waals surface area contributed by atoms with Gasteiger partial charge >= 0.3 is 0 Å². The van der Waals surface area contributed by atoms with Crippen LogP contribution in [0.5, 0.6) is 0 Å². The number of carbonyl (C=O) groups excluding carboxylic acids is 1. The zero-order valence-electron chi connectivity index (χ0n) is 16.1. The molecule has 0 aliphatic carbocycles. The molecule has 0 bridgehead atoms. The van der Waals surface area contributed by atoms with Gasteiger partial charge in [-0.3, -0.25) is 4.79 Å². The lowest BCUT2D eigenvalue weighted by Gasteiger charge is -2.30. The second kappa shape index (κ2) is 9.24. The third-order valence-corrected chi connectivity index (χ3v) is 7.05. The molecule has 146 valence electrons. The third kappa shape index (κ3) is 5.47. The molecule has 1 aliphatic rings. The summed E-state index contributed by atoms with van der Waals surface area (Å²) in [6.07, 6.45) is 4.67. The van der Waals surface area contributed by atoms with Gasteiger partial charge in [0.05, 0.1) is 10.5 Å². The van der Waals surface area contributed by atoms with Crippen molar-refractivity contribution in [3.05, 3.63) is 23.8 Å². The third-order valence-electron chi connectivity index (χ3n) is 4.80. The highest BCUT2D eigenvalue weighted by Gasteiger charge is 2.25. The van der Waals surface area contributed by atoms with Crippen molar-refractivity contribution < 1.29 is 13.2 Å². The van der Waals surface area contributed by atoms with Crippen molar-refractivity contribution >= 4 is 27.7 Å². The van der Waals surface area contributed by atoms with E-state index in [0.717, 1.165) is 37.2 Å². The van der Waals surface area contributed by atoms with Gasteiger partial charge in [0.25, 0.3) is 5.91 Å². The van der Waals surface area contributed by atoms with Crippen molar-refractivity contribution in [2.75, 3.05) is 25.9 Å². The SMILES string of the molecule is CSc1ccc(S(=O)(=O)NCCC(C)C)cc1C(=O)N1CCC(C)CC1. The molecule has 0 atom stereocenters. The van der Waals surface area contributed by atoms with Crippen LogP contribution in [0.4, 0.5) is 0 Å². The van der Waals surface area contributed by atoms with Gasteiger partial charge in [0, 0.05) is 24.5 Å². The van der Waals surface area contributed by atoms with Crippen LogP contribution in [0.2, 0.25) is 0 Å². The number of thioether (sulfide) groups is 1. The number of hydrogen-bond donors (Lipinski definition) is 1. The first-order valence-corrected chi connectivity index (χ1v) is 11.9. The molecule has 1 amide bonds. The standard InChI is InChI=1S/C19H30N2O3S2/c1-14(2)7-10-20-26(23,24)16-5-6-18(25-4)17(13-16)19(22)21-11-8-15(3)9-12-21/h5-6,13-15,20H,7-12H2,1-4H3. The van der Waals surface area contributed by atoms with E-state index in [1.54, 1.807) is 12.1 Å². The summed E-state index contributed by atoms with van der Waals surface area (Å²) in [7, 11) is -3.61. The van der Waals surface area contributed by atoms with Crippen LogP contribution in [0.1, 0.15) is 50.4 Å². The number of sulfonamides is 1. The molecule has 0 saturated carbocycles. The van der Waals surface area contributed by atoms with E-state index in [4.69, 9.17) is 0 Å². The van der Waals surface area contributed by atoms with E-state index < -0.39 is 10.0 Å². The Morgan fingerprint density at radius 2 is 1.96 bits per heavy atom. The van der Waals surface area contributed by atoms with E-state index in [1.165, 1.54) is 17.8 Å². The molecule has 2 rings (SSSR count). The average Bonchev–Trinajstić information content (AvgIpc) is 2.60. The summed E-state index contributed by atoms with van der Waals surface area (Å²) >= 11 is 1.47. The number of hydrogen-bond acceptors (Lipinski definition) is 4. The molecule has 0 spiro atoms. The number of amides is 1. The van der Waals surface area contributed by atoms with Crippen LogP contribution in [0.15, 0.2) is 28.0 Å². The van der Waals surface area contributed by atoms with Crippen molar-refractivity contribution in [2.24, 2.45) is 11.8 Å². The molecule has 1 aromatic rings. The maximum absolute atomic E-state index is 13.0. The molecule has 1 aromatic carbocycles. The second-order valence-electron chi connectivity index (χ2n) is 7.42. The van der Waals surface area contributed by atoms with Gasteiger partial charge < -0.3 is 4.90 Å². The molecule has 1 aliphatic heterocycles. The fraction of sp³-hybridized carbons (Fsp3) is 0.632. The molecular weight excluding hydrogens is 368 g/mol. The number of carbonyl (C=O) groups is 1. The van der Waals surface area contributed by atoms with Crippen LogP contribution >= 0.6 is 11.8 Å². The van der Waals surface area contributed by atoms with Gasteiger partial charge in [-0.2, -0.15) is 0 Å². The van der Waals surface area contributed by atoms with Crippen LogP contribution in [-0.4, -0.2) is 45.1 Å². The summed E-state index contributed by atoms with van der Waals surface area (Å²) in [5.41, 5.74) is 0.485. The molecule has 0 radical (unpaired) electrons. The number of benzene rings is 1. The number of nitrogens with one attached hydrogen (secondary N) is 1. The molecule has 0 aromatic heterocycles. The van der Waals surface area contributed by atoms with E-state index in [-0.39, 0.29) is 10.8 Å². The van der Waals surface area contributed by atoms with Crippen LogP contribution in [0.25, 0.3) is 0 Å². The highest BCUT2D eigenvalue weighted by molar-refractivity contribution is 7.98. The maximum Gasteiger partial charge on any atom is 0.255 e. The largest absolute Gasteiger partial charge is 0.339 e. The summed E-state index contributed by atoms with van der Waals surface area (Å²) in [6.45, 7) is 8.17. The normalized spacial score (nSPS) is 16.3. The lowest BCUT2D eigenvalue weighted by molar-refractivity contribution is 0.0693. The number of nitrogens with zero attached hydrogens (tertiary/aromatic N) is 1. The van der Waals surface area contributed by atoms with Crippen LogP contribution in [-0.2, 0) is 10.0 Å². The Hall–Kier alpha value is -1.05. The highest BCUT2D eigenvalue weighted by atomic mass is 32.2. The Balaban J connectivity index is 2.23. The highest BCUT2D eigenvalue weighted by Crippen LogP contribution is 2.27. The molecule has 7 heteroatoms. The Bertz CT molecular complexity index is 724. The van der Waals surface area contributed by atoms with Gasteiger partial charge in [-0.1, -0.05) is 20.8 Å². The van der Waals surface area contributed by atoms with Gasteiger partial charge in [0.2, 0.25) is 10.0 Å². The predicted molar refractivity (Wildman–Crippen MR) is 107 cm³/mol. The molecule has 1 fully saturated rings. The predicted octanol–water partition coefficient (Wildman–Crippen LogP) is 3.61. The van der Waals surface area contributed by atoms with Crippen molar-refractivity contribution in [1.29, 1.82) is 0 Å². The maximum atomic E-state index is 13.0. The van der Waals surface area contributed by atoms with Crippen molar-refractivity contribution in [1.82, 2.24) is 9.62 Å². The molecule has 5 nitrogen and oxygen atoms in total. The fourth-order valence-corrected chi connectivity index (χ4v) is 4.61. The summed E-state index contributed by atoms with van der Waals surface area (Å²) in [5, 5.41) is 0. The first kappa shape index (κ1) is 21.3. The summed E-state index contributed by atoms with van der Waals surface area (Å²) < 4.78 is 27.8. The number of piperidine rings is 1. The minimum atomic E-state index is -3.61. The fourth-order valence-electron chi connectivity index (χ4n) is 2.97. The molecule has 1 heterocycles. The van der Waals surface area contributed by atoms with Crippen LogP contribution in [0.3, 0.4) is 0 Å². The minimum Gasteiger partial charge on any atom is -0.339 e. The Labute approximate surface area is 162 Å². The lowest BCUT2D eigenvalue weighted by Crippen LogP contribution is -2.38. The Morgan fingerprint density at radius 1 is 1.31 bits per heavy atom. The number of rotatable bonds is 7. The van der Waals surface area contributed by atoms with E-state index in [1.807, 2.05) is 11.2 Å². The molecule has 1 saturated heterocycles. The molecular formula is C19H30N2O3S2. The van der Waals surface area contributed by atoms with E-state index in [2.05, 4.69) is 25.5 Å². The monoisotopic (exact) mass is 398 g/mol. The van der Waals surface area contributed by atoms with Gasteiger partial charge in [0.15, 0.2) is 0 Å². The van der Waals surface area contributed by atoms with Crippen molar-refractivity contribution in [2.45, 2.75) is 49.8 Å². The summed E-state index contributed by atoms with van der Waals surface area (Å²) in [4.78, 5) is 15.8. The van der Waals surface area contributed by atoms with Gasteiger partial charge in [0.1, 0.15) is 0 Å². The van der Waals surface area contributed by atoms with E-state index in [0.29, 0.717) is 23.9 Å². The smallest absolute Gasteiger partial charge is 0.255 e. The second-order valence-corrected chi connectivity index (χ2v) is 10.0. The Kier molecular flexibility index (Phi) is 7.55. The molecule has 26 heavy (non-hydrogen) atoms. The number of likely N-dealkylation sites (tertiary alicyclic amines) is 1. The summed E-state index contributed by atoms with van der Waals surface area (Å²) in [6, 6.07) is 4.85. The van der Waals surface area contributed by atoms with E-state index in [9.17, 15) is 13.2 Å². The van der Waals surface area contributed by atoms with Crippen LogP contribution in [0, 0.1) is 11.8 Å². The minimum absolute atomic E-state index is 0.0690. The Morgan fingerprint density at radius 3 is 2.54 bits per heavy atom. The zero-order valence-corrected chi connectivity index (χ0v) is 17.8. The van der Waals surface area contributed by atoms with Crippen LogP contribution < -0.4 is 4.72 Å². The zero-order chi connectivity index (χ0) is 19.3. The molecule has 1 N–H and O–H groups in total. The van der Waals surface area contributed by atoms with Gasteiger partial charge in [-0.25, -0.2) is 13.1 Å². The van der Waals surface area contributed by atoms with Gasteiger partial charge in [-0.05, 0) is 55.6 Å².